The van der Waals surface area contributed by atoms with Crippen LogP contribution in [0.15, 0.2) is 59.6 Å². The van der Waals surface area contributed by atoms with Crippen LogP contribution in [0.3, 0.4) is 0 Å². The first-order chi connectivity index (χ1) is 17.3. The lowest BCUT2D eigenvalue weighted by Gasteiger charge is -2.35. The highest BCUT2D eigenvalue weighted by Gasteiger charge is 2.22. The maximum absolute atomic E-state index is 12.6. The Balaban J connectivity index is 1.36. The van der Waals surface area contributed by atoms with Gasteiger partial charge in [-0.3, -0.25) is 9.62 Å². The average molecular weight is 513 g/mol. The van der Waals surface area contributed by atoms with Crippen molar-refractivity contribution >= 4 is 21.5 Å². The number of piperazine rings is 1. The van der Waals surface area contributed by atoms with Crippen LogP contribution in [0.4, 0.5) is 11.5 Å². The third-order valence-electron chi connectivity index (χ3n) is 6.21. The summed E-state index contributed by atoms with van der Waals surface area (Å²) in [6.07, 6.45) is 1.56. The number of hydrogen-bond donors (Lipinski definition) is 1. The molecule has 1 aromatic heterocycles. The minimum absolute atomic E-state index is 0.222. The van der Waals surface area contributed by atoms with Gasteiger partial charge in [-0.2, -0.15) is 0 Å². The van der Waals surface area contributed by atoms with Crippen molar-refractivity contribution in [3.8, 4) is 17.2 Å². The van der Waals surface area contributed by atoms with Crippen LogP contribution in [0.2, 0.25) is 0 Å². The molecule has 0 radical (unpaired) electrons. The molecule has 1 aliphatic rings. The average Bonchev–Trinajstić information content (AvgIpc) is 2.89. The summed E-state index contributed by atoms with van der Waals surface area (Å²) in [4.78, 5) is 9.27. The molecule has 10 heteroatoms. The smallest absolute Gasteiger partial charge is 0.261 e. The Hall–Kier alpha value is -3.50. The highest BCUT2D eigenvalue weighted by molar-refractivity contribution is 7.92. The zero-order chi connectivity index (χ0) is 25.7. The highest BCUT2D eigenvalue weighted by Crippen LogP contribution is 2.40. The summed E-state index contributed by atoms with van der Waals surface area (Å²) < 4.78 is 44.4. The van der Waals surface area contributed by atoms with Crippen molar-refractivity contribution in [2.75, 3.05) is 57.1 Å². The number of benzene rings is 2. The van der Waals surface area contributed by atoms with Crippen LogP contribution < -0.4 is 23.8 Å². The standard InChI is InChI=1S/C26H32N4O5S/c1-19-5-9-22(10-6-19)36(31,32)28-21-8-12-24(27-17-21)30-15-13-29(14-16-30)18-20-7-11-23(33-2)26(35-4)25(20)34-3/h5-12,17,28H,13-16,18H2,1-4H3. The third kappa shape index (κ3) is 5.66. The van der Waals surface area contributed by atoms with Crippen LogP contribution in [-0.2, 0) is 16.6 Å². The van der Waals surface area contributed by atoms with Crippen LogP contribution in [0.25, 0.3) is 0 Å². The van der Waals surface area contributed by atoms with E-state index in [-0.39, 0.29) is 4.90 Å². The van der Waals surface area contributed by atoms with Gasteiger partial charge in [-0.25, -0.2) is 13.4 Å². The Morgan fingerprint density at radius 2 is 1.56 bits per heavy atom. The molecule has 0 aliphatic carbocycles. The maximum Gasteiger partial charge on any atom is 0.261 e. The first-order valence-corrected chi connectivity index (χ1v) is 13.1. The molecule has 3 aromatic rings. The molecule has 0 atom stereocenters. The van der Waals surface area contributed by atoms with E-state index in [4.69, 9.17) is 14.2 Å². The molecule has 0 saturated carbocycles. The largest absolute Gasteiger partial charge is 0.493 e. The molecule has 192 valence electrons. The number of ether oxygens (including phenoxy) is 3. The molecule has 2 heterocycles. The van der Waals surface area contributed by atoms with Crippen LogP contribution in [-0.4, -0.2) is 65.8 Å². The van der Waals surface area contributed by atoms with Gasteiger partial charge in [0.25, 0.3) is 10.0 Å². The molecule has 0 spiro atoms. The fourth-order valence-corrected chi connectivity index (χ4v) is 5.27. The predicted molar refractivity (Wildman–Crippen MR) is 140 cm³/mol. The molecule has 1 N–H and O–H groups in total. The number of sulfonamides is 1. The molecular weight excluding hydrogens is 480 g/mol. The molecular formula is C26H32N4O5S. The molecule has 1 fully saturated rings. The number of anilines is 2. The number of methoxy groups -OCH3 is 3. The number of aryl methyl sites for hydroxylation is 1. The maximum atomic E-state index is 12.6. The quantitative estimate of drug-likeness (QED) is 0.465. The van der Waals surface area contributed by atoms with Gasteiger partial charge in [0.05, 0.1) is 38.1 Å². The van der Waals surface area contributed by atoms with Crippen molar-refractivity contribution in [3.05, 3.63) is 65.9 Å². The lowest BCUT2D eigenvalue weighted by atomic mass is 10.1. The van der Waals surface area contributed by atoms with Crippen molar-refractivity contribution < 1.29 is 22.6 Å². The second kappa shape index (κ2) is 11.0. The van der Waals surface area contributed by atoms with Gasteiger partial charge >= 0.3 is 0 Å². The van der Waals surface area contributed by atoms with E-state index in [1.807, 2.05) is 25.1 Å². The van der Waals surface area contributed by atoms with E-state index in [0.717, 1.165) is 49.7 Å². The summed E-state index contributed by atoms with van der Waals surface area (Å²) in [5, 5.41) is 0. The molecule has 0 unspecified atom stereocenters. The van der Waals surface area contributed by atoms with Gasteiger partial charge in [-0.1, -0.05) is 23.8 Å². The topological polar surface area (TPSA) is 93.2 Å². The van der Waals surface area contributed by atoms with Crippen LogP contribution in [0.5, 0.6) is 17.2 Å². The van der Waals surface area contributed by atoms with Crippen molar-refractivity contribution in [2.45, 2.75) is 18.4 Å². The summed E-state index contributed by atoms with van der Waals surface area (Å²) in [6.45, 7) is 5.94. The van der Waals surface area contributed by atoms with Crippen LogP contribution >= 0.6 is 0 Å². The van der Waals surface area contributed by atoms with E-state index in [9.17, 15) is 8.42 Å². The van der Waals surface area contributed by atoms with E-state index in [1.54, 1.807) is 57.9 Å². The molecule has 1 aliphatic heterocycles. The number of nitrogens with one attached hydrogen (secondary N) is 1. The zero-order valence-electron chi connectivity index (χ0n) is 21.0. The molecule has 0 bridgehead atoms. The highest BCUT2D eigenvalue weighted by atomic mass is 32.2. The second-order valence-electron chi connectivity index (χ2n) is 8.58. The fraction of sp³-hybridized carbons (Fsp3) is 0.346. The van der Waals surface area contributed by atoms with Gasteiger partial charge in [-0.15, -0.1) is 0 Å². The van der Waals surface area contributed by atoms with Gasteiger partial charge in [0.2, 0.25) is 5.75 Å². The monoisotopic (exact) mass is 512 g/mol. The van der Waals surface area contributed by atoms with Gasteiger partial charge in [0, 0.05) is 38.3 Å². The summed E-state index contributed by atoms with van der Waals surface area (Å²) in [7, 11) is 1.19. The van der Waals surface area contributed by atoms with Crippen LogP contribution in [0.1, 0.15) is 11.1 Å². The summed E-state index contributed by atoms with van der Waals surface area (Å²) in [5.41, 5.74) is 2.47. The SMILES string of the molecule is COc1ccc(CN2CCN(c3ccc(NS(=O)(=O)c4ccc(C)cc4)cn3)CC2)c(OC)c1OC. The van der Waals surface area contributed by atoms with Crippen molar-refractivity contribution in [1.82, 2.24) is 9.88 Å². The zero-order valence-corrected chi connectivity index (χ0v) is 21.8. The number of nitrogens with zero attached hydrogens (tertiary/aromatic N) is 3. The van der Waals surface area contributed by atoms with E-state index >= 15 is 0 Å². The normalized spacial score (nSPS) is 14.4. The lowest BCUT2D eigenvalue weighted by Crippen LogP contribution is -2.46. The van der Waals surface area contributed by atoms with Crippen molar-refractivity contribution in [2.24, 2.45) is 0 Å². The Labute approximate surface area is 212 Å². The summed E-state index contributed by atoms with van der Waals surface area (Å²) >= 11 is 0. The second-order valence-corrected chi connectivity index (χ2v) is 10.3. The lowest BCUT2D eigenvalue weighted by molar-refractivity contribution is 0.243. The minimum atomic E-state index is -3.66. The molecule has 9 nitrogen and oxygen atoms in total. The predicted octanol–water partition coefficient (Wildman–Crippen LogP) is 3.54. The molecule has 2 aromatic carbocycles. The van der Waals surface area contributed by atoms with Crippen LogP contribution in [0, 0.1) is 6.92 Å². The first-order valence-electron chi connectivity index (χ1n) is 11.7. The van der Waals surface area contributed by atoms with Gasteiger partial charge in [0.1, 0.15) is 5.82 Å². The van der Waals surface area contributed by atoms with E-state index in [2.05, 4.69) is 19.5 Å². The van der Waals surface area contributed by atoms with E-state index < -0.39 is 10.0 Å². The minimum Gasteiger partial charge on any atom is -0.493 e. The third-order valence-corrected chi connectivity index (χ3v) is 7.60. The Kier molecular flexibility index (Phi) is 7.85. The van der Waals surface area contributed by atoms with Gasteiger partial charge < -0.3 is 19.1 Å². The molecule has 36 heavy (non-hydrogen) atoms. The summed E-state index contributed by atoms with van der Waals surface area (Å²) in [6, 6.07) is 14.2. The van der Waals surface area contributed by atoms with E-state index in [1.165, 1.54) is 0 Å². The Bertz CT molecular complexity index is 1270. The Morgan fingerprint density at radius 1 is 0.861 bits per heavy atom. The van der Waals surface area contributed by atoms with Gasteiger partial charge in [-0.05, 0) is 37.3 Å². The Morgan fingerprint density at radius 3 is 2.14 bits per heavy atom. The number of pyridine rings is 1. The molecule has 1 saturated heterocycles. The molecule has 0 amide bonds. The fourth-order valence-electron chi connectivity index (χ4n) is 4.23. The van der Waals surface area contributed by atoms with Crippen molar-refractivity contribution in [1.29, 1.82) is 0 Å². The number of rotatable bonds is 9. The number of aromatic nitrogens is 1. The van der Waals surface area contributed by atoms with E-state index in [0.29, 0.717) is 22.9 Å². The molecule has 4 rings (SSSR count). The summed E-state index contributed by atoms with van der Waals surface area (Å²) in [5.74, 6) is 2.73. The van der Waals surface area contributed by atoms with Gasteiger partial charge in [0.15, 0.2) is 11.5 Å². The number of hydrogen-bond acceptors (Lipinski definition) is 8. The first kappa shape index (κ1) is 25.6. The van der Waals surface area contributed by atoms with Crippen molar-refractivity contribution in [3.63, 3.8) is 0 Å².